The topological polar surface area (TPSA) is 133 Å². The Morgan fingerprint density at radius 1 is 1.41 bits per heavy atom. The Hall–Kier alpha value is -2.89. The number of hydrogen-bond acceptors (Lipinski definition) is 10. The van der Waals surface area contributed by atoms with Crippen LogP contribution in [0.3, 0.4) is 0 Å². The summed E-state index contributed by atoms with van der Waals surface area (Å²) in [6, 6.07) is 4.10. The van der Waals surface area contributed by atoms with Crippen molar-refractivity contribution in [2.75, 3.05) is 11.5 Å². The maximum atomic E-state index is 13.7. The summed E-state index contributed by atoms with van der Waals surface area (Å²) in [7, 11) is 0. The quantitative estimate of drug-likeness (QED) is 0.420. The second-order valence-corrected chi connectivity index (χ2v) is 10.0. The molecule has 10 nitrogen and oxygen atoms in total. The first-order valence-electron chi connectivity index (χ1n) is 9.26. The molecule has 2 N–H and O–H groups in total. The number of carbonyl (C=O) groups excluding carboxylic acids is 2. The molecule has 2 aromatic rings. The van der Waals surface area contributed by atoms with E-state index < -0.39 is 11.9 Å². The van der Waals surface area contributed by atoms with Crippen molar-refractivity contribution in [1.82, 2.24) is 10.3 Å². The average molecular weight is 528 g/mol. The van der Waals surface area contributed by atoms with Gasteiger partial charge in [-0.05, 0) is 56.3 Å². The van der Waals surface area contributed by atoms with E-state index in [4.69, 9.17) is 19.9 Å². The van der Waals surface area contributed by atoms with Crippen LogP contribution in [-0.2, 0) is 14.4 Å². The fourth-order valence-electron chi connectivity index (χ4n) is 2.89. The van der Waals surface area contributed by atoms with E-state index in [1.54, 1.807) is 5.94 Å². The number of amides is 1. The predicted octanol–water partition coefficient (Wildman–Crippen LogP) is 3.83. The highest BCUT2D eigenvalue weighted by Crippen LogP contribution is 2.36. The molecule has 0 bridgehead atoms. The van der Waals surface area contributed by atoms with Gasteiger partial charge in [-0.2, -0.15) is 0 Å². The highest BCUT2D eigenvalue weighted by Gasteiger charge is 2.35. The Labute approximate surface area is 195 Å². The molecule has 0 fully saturated rings. The molecule has 1 aromatic heterocycles. The number of oxime groups is 1. The maximum absolute atomic E-state index is 13.7. The molecule has 3 rings (SSSR count). The fourth-order valence-corrected chi connectivity index (χ4v) is 4.60. The minimum absolute atomic E-state index is 0.0423. The van der Waals surface area contributed by atoms with Gasteiger partial charge in [0.2, 0.25) is 5.84 Å². The van der Waals surface area contributed by atoms with E-state index in [1.165, 1.54) is 34.9 Å². The van der Waals surface area contributed by atoms with Crippen LogP contribution in [0.15, 0.2) is 43.4 Å². The van der Waals surface area contributed by atoms with Crippen molar-refractivity contribution in [3.05, 3.63) is 40.1 Å². The van der Waals surface area contributed by atoms with Gasteiger partial charge in [-0.25, -0.2) is 23.5 Å². The summed E-state index contributed by atoms with van der Waals surface area (Å²) in [5.74, 6) is 0.999. The number of aromatic nitrogens is 2. The van der Waals surface area contributed by atoms with Crippen molar-refractivity contribution in [3.8, 4) is 0 Å². The first kappa shape index (κ1) is 23.8. The van der Waals surface area contributed by atoms with Gasteiger partial charge in [0.05, 0.1) is 10.2 Å². The number of benzene rings is 1. The summed E-state index contributed by atoms with van der Waals surface area (Å²) in [6.07, 6.45) is -0.237. The number of ether oxygens (including phenoxy) is 1. The van der Waals surface area contributed by atoms with Crippen molar-refractivity contribution >= 4 is 51.2 Å². The molecular weight excluding hydrogens is 509 g/mol. The van der Waals surface area contributed by atoms with Crippen LogP contribution in [-0.4, -0.2) is 40.0 Å². The molecule has 170 valence electrons. The van der Waals surface area contributed by atoms with Crippen molar-refractivity contribution in [1.29, 1.82) is 0 Å². The number of primary amides is 1. The summed E-state index contributed by atoms with van der Waals surface area (Å²) in [6.45, 7) is 6.16. The number of thioether (sulfide) groups is 1. The van der Waals surface area contributed by atoms with Gasteiger partial charge in [-0.15, -0.1) is 0 Å². The number of amidine groups is 1. The van der Waals surface area contributed by atoms with Crippen LogP contribution in [0.2, 0.25) is 0 Å². The standard InChI is InChI=1S/C19H19BrFN5O5S/c1-19(2,3)7-11(9-29-18(22)28)32-17-15(23-31-25-17)16-24-30-14(8-27)26(16)10-4-5-13(21)12(20)6-10/h4-6,11H,7,9H2,1-3H3,(H2,22,28). The zero-order valence-electron chi connectivity index (χ0n) is 17.3. The minimum Gasteiger partial charge on any atom is -0.449 e. The summed E-state index contributed by atoms with van der Waals surface area (Å²) in [5, 5.41) is 11.8. The molecule has 0 aliphatic carbocycles. The monoisotopic (exact) mass is 527 g/mol. The third-order valence-electron chi connectivity index (χ3n) is 4.08. The Morgan fingerprint density at radius 3 is 2.78 bits per heavy atom. The SMILES string of the molecule is CC(C)(C)CC(COC(N)=O)Sc1nonc1C1=NOC(=C=O)N1c1ccc(F)c(Br)c1. The molecule has 0 spiro atoms. The van der Waals surface area contributed by atoms with Gasteiger partial charge in [0.25, 0.3) is 0 Å². The number of nitrogens with two attached hydrogens (primary N) is 1. The highest BCUT2D eigenvalue weighted by molar-refractivity contribution is 9.10. The van der Waals surface area contributed by atoms with Crippen LogP contribution in [0.5, 0.6) is 0 Å². The van der Waals surface area contributed by atoms with Gasteiger partial charge in [0.1, 0.15) is 12.4 Å². The van der Waals surface area contributed by atoms with Crippen LogP contribution in [0, 0.1) is 11.2 Å². The summed E-state index contributed by atoms with van der Waals surface area (Å²) < 4.78 is 23.8. The zero-order chi connectivity index (χ0) is 23.5. The van der Waals surface area contributed by atoms with Crippen molar-refractivity contribution in [3.63, 3.8) is 0 Å². The zero-order valence-corrected chi connectivity index (χ0v) is 19.7. The molecule has 32 heavy (non-hydrogen) atoms. The molecule has 0 saturated carbocycles. The van der Waals surface area contributed by atoms with E-state index >= 15 is 0 Å². The van der Waals surface area contributed by atoms with Crippen LogP contribution in [0.25, 0.3) is 0 Å². The van der Waals surface area contributed by atoms with Gasteiger partial charge >= 0.3 is 12.0 Å². The van der Waals surface area contributed by atoms with Crippen molar-refractivity contribution in [2.24, 2.45) is 16.3 Å². The van der Waals surface area contributed by atoms with E-state index in [-0.39, 0.29) is 39.2 Å². The second kappa shape index (κ2) is 9.72. The van der Waals surface area contributed by atoms with Gasteiger partial charge in [-0.3, -0.25) is 0 Å². The van der Waals surface area contributed by atoms with Crippen LogP contribution < -0.4 is 10.6 Å². The number of hydrogen-bond donors (Lipinski definition) is 1. The predicted molar refractivity (Wildman–Crippen MR) is 117 cm³/mol. The van der Waals surface area contributed by atoms with Crippen molar-refractivity contribution < 1.29 is 28.2 Å². The first-order chi connectivity index (χ1) is 15.1. The lowest BCUT2D eigenvalue weighted by Gasteiger charge is -2.24. The van der Waals surface area contributed by atoms with Crippen LogP contribution >= 0.6 is 27.7 Å². The van der Waals surface area contributed by atoms with E-state index in [0.717, 1.165) is 0 Å². The van der Waals surface area contributed by atoms with E-state index in [0.29, 0.717) is 17.1 Å². The molecular formula is C19H19BrFN5O5S. The Morgan fingerprint density at radius 2 is 2.16 bits per heavy atom. The molecule has 1 amide bonds. The largest absolute Gasteiger partial charge is 0.449 e. The third kappa shape index (κ3) is 5.67. The average Bonchev–Trinajstić information content (AvgIpc) is 3.33. The number of carbonyl (C=O) groups is 1. The Kier molecular flexibility index (Phi) is 7.22. The van der Waals surface area contributed by atoms with Gasteiger partial charge in [-0.1, -0.05) is 37.7 Å². The van der Waals surface area contributed by atoms with Crippen LogP contribution in [0.4, 0.5) is 14.9 Å². The van der Waals surface area contributed by atoms with Crippen LogP contribution in [0.1, 0.15) is 32.9 Å². The Bertz CT molecular complexity index is 1100. The number of halogens is 2. The lowest BCUT2D eigenvalue weighted by Crippen LogP contribution is -2.28. The lowest BCUT2D eigenvalue weighted by atomic mass is 9.90. The normalized spacial score (nSPS) is 14.6. The fraction of sp³-hybridized carbons (Fsp3) is 0.368. The smallest absolute Gasteiger partial charge is 0.404 e. The molecule has 13 heteroatoms. The van der Waals surface area contributed by atoms with Crippen molar-refractivity contribution in [2.45, 2.75) is 37.5 Å². The third-order valence-corrected chi connectivity index (χ3v) is 5.82. The van der Waals surface area contributed by atoms with Gasteiger partial charge in [0, 0.05) is 5.25 Å². The lowest BCUT2D eigenvalue weighted by molar-refractivity contribution is 0.152. The number of nitrogens with zero attached hydrogens (tertiary/aromatic N) is 4. The van der Waals surface area contributed by atoms with E-state index in [2.05, 4.69) is 31.4 Å². The number of anilines is 1. The van der Waals surface area contributed by atoms with E-state index in [1.807, 2.05) is 20.8 Å². The molecule has 1 aliphatic heterocycles. The van der Waals surface area contributed by atoms with Gasteiger partial charge < -0.3 is 15.3 Å². The Balaban J connectivity index is 1.93. The summed E-state index contributed by atoms with van der Waals surface area (Å²) in [4.78, 5) is 28.9. The molecule has 1 aromatic carbocycles. The second-order valence-electron chi connectivity index (χ2n) is 7.90. The van der Waals surface area contributed by atoms with Gasteiger partial charge in [0.15, 0.2) is 16.7 Å². The highest BCUT2D eigenvalue weighted by atomic mass is 79.9. The number of rotatable bonds is 7. The molecule has 1 atom stereocenters. The maximum Gasteiger partial charge on any atom is 0.404 e. The molecule has 2 heterocycles. The molecule has 1 unspecified atom stereocenters. The molecule has 0 radical (unpaired) electrons. The molecule has 0 saturated heterocycles. The first-order valence-corrected chi connectivity index (χ1v) is 10.9. The van der Waals surface area contributed by atoms with E-state index in [9.17, 15) is 14.0 Å². The molecule has 1 aliphatic rings. The minimum atomic E-state index is -0.884. The summed E-state index contributed by atoms with van der Waals surface area (Å²) >= 11 is 4.36. The summed E-state index contributed by atoms with van der Waals surface area (Å²) in [5.41, 5.74) is 5.57.